The molecule has 1 heterocycles. The second-order valence-corrected chi connectivity index (χ2v) is 5.90. The van der Waals surface area contributed by atoms with E-state index in [0.717, 1.165) is 11.1 Å². The van der Waals surface area contributed by atoms with Crippen LogP contribution in [-0.2, 0) is 4.79 Å². The summed E-state index contributed by atoms with van der Waals surface area (Å²) in [4.78, 5) is 12.4. The fourth-order valence-electron chi connectivity index (χ4n) is 2.40. The number of halogens is 1. The Morgan fingerprint density at radius 2 is 1.88 bits per heavy atom. The fraction of sp³-hybridized carbons (Fsp3) is 0.200. The first-order chi connectivity index (χ1) is 12.5. The van der Waals surface area contributed by atoms with E-state index < -0.39 is 6.10 Å². The van der Waals surface area contributed by atoms with Crippen molar-refractivity contribution in [3.63, 3.8) is 0 Å². The minimum atomic E-state index is -0.728. The average Bonchev–Trinajstić information content (AvgIpc) is 3.10. The van der Waals surface area contributed by atoms with E-state index in [1.54, 1.807) is 6.07 Å². The predicted octanol–water partition coefficient (Wildman–Crippen LogP) is 4.59. The van der Waals surface area contributed by atoms with Gasteiger partial charge in [0, 0.05) is 11.6 Å². The van der Waals surface area contributed by atoms with Crippen molar-refractivity contribution in [1.29, 1.82) is 0 Å². The van der Waals surface area contributed by atoms with E-state index >= 15 is 0 Å². The Bertz CT molecular complexity index is 873. The molecular weight excluding hydrogens is 335 g/mol. The van der Waals surface area contributed by atoms with Gasteiger partial charge < -0.3 is 9.26 Å². The number of aromatic nitrogens is 1. The summed E-state index contributed by atoms with van der Waals surface area (Å²) in [6.07, 6.45) is -0.282. The van der Waals surface area contributed by atoms with Crippen molar-refractivity contribution in [2.45, 2.75) is 26.4 Å². The summed E-state index contributed by atoms with van der Waals surface area (Å²) >= 11 is 0. The SMILES string of the molecule is CC[C@H](Oc1ccc(F)cc1)C(=O)Nc1cc(-c2ccc(C)cc2)no1. The molecule has 134 valence electrons. The van der Waals surface area contributed by atoms with E-state index in [0.29, 0.717) is 17.9 Å². The third-order valence-corrected chi connectivity index (χ3v) is 3.86. The Kier molecular flexibility index (Phi) is 5.31. The predicted molar refractivity (Wildman–Crippen MR) is 96.4 cm³/mol. The van der Waals surface area contributed by atoms with E-state index in [2.05, 4.69) is 10.5 Å². The molecular formula is C20H19FN2O3. The number of nitrogens with zero attached hydrogens (tertiary/aromatic N) is 1. The van der Waals surface area contributed by atoms with E-state index in [9.17, 15) is 9.18 Å². The zero-order valence-electron chi connectivity index (χ0n) is 14.5. The molecule has 0 unspecified atom stereocenters. The van der Waals surface area contributed by atoms with E-state index in [1.807, 2.05) is 38.1 Å². The quantitative estimate of drug-likeness (QED) is 0.703. The summed E-state index contributed by atoms with van der Waals surface area (Å²) in [6, 6.07) is 15.0. The number of amides is 1. The Morgan fingerprint density at radius 1 is 1.19 bits per heavy atom. The summed E-state index contributed by atoms with van der Waals surface area (Å²) in [5.74, 6) is -0.0541. The maximum absolute atomic E-state index is 13.0. The molecule has 26 heavy (non-hydrogen) atoms. The third kappa shape index (κ3) is 4.27. The van der Waals surface area contributed by atoms with Crippen LogP contribution in [0, 0.1) is 12.7 Å². The first kappa shape index (κ1) is 17.7. The van der Waals surface area contributed by atoms with Crippen molar-refractivity contribution in [2.24, 2.45) is 0 Å². The third-order valence-electron chi connectivity index (χ3n) is 3.86. The smallest absolute Gasteiger partial charge is 0.267 e. The van der Waals surface area contributed by atoms with Gasteiger partial charge in [0.2, 0.25) is 5.88 Å². The number of hydrogen-bond acceptors (Lipinski definition) is 4. The average molecular weight is 354 g/mol. The van der Waals surface area contributed by atoms with Crippen molar-refractivity contribution in [2.75, 3.05) is 5.32 Å². The molecule has 0 fully saturated rings. The number of carbonyl (C=O) groups is 1. The second kappa shape index (κ2) is 7.82. The van der Waals surface area contributed by atoms with Crippen molar-refractivity contribution in [3.05, 3.63) is 66.0 Å². The monoisotopic (exact) mass is 354 g/mol. The fourth-order valence-corrected chi connectivity index (χ4v) is 2.40. The number of benzene rings is 2. The van der Waals surface area contributed by atoms with Gasteiger partial charge in [-0.1, -0.05) is 41.9 Å². The van der Waals surface area contributed by atoms with Crippen LogP contribution in [0.25, 0.3) is 11.3 Å². The van der Waals surface area contributed by atoms with Crippen LogP contribution in [-0.4, -0.2) is 17.2 Å². The van der Waals surface area contributed by atoms with Gasteiger partial charge in [0.1, 0.15) is 17.3 Å². The first-order valence-corrected chi connectivity index (χ1v) is 8.32. The van der Waals surface area contributed by atoms with Crippen LogP contribution in [0.5, 0.6) is 5.75 Å². The molecule has 1 atom stereocenters. The van der Waals surface area contributed by atoms with Crippen LogP contribution in [0.3, 0.4) is 0 Å². The maximum Gasteiger partial charge on any atom is 0.267 e. The number of carbonyl (C=O) groups excluding carboxylic acids is 1. The van der Waals surface area contributed by atoms with Gasteiger partial charge in [-0.15, -0.1) is 0 Å². The number of rotatable bonds is 6. The lowest BCUT2D eigenvalue weighted by molar-refractivity contribution is -0.123. The molecule has 2 aromatic carbocycles. The summed E-state index contributed by atoms with van der Waals surface area (Å²) in [6.45, 7) is 3.83. The van der Waals surface area contributed by atoms with Crippen molar-refractivity contribution >= 4 is 11.8 Å². The molecule has 1 aromatic heterocycles. The van der Waals surface area contributed by atoms with Gasteiger partial charge in [0.15, 0.2) is 6.10 Å². The lowest BCUT2D eigenvalue weighted by Gasteiger charge is -2.16. The Labute approximate surface area is 150 Å². The van der Waals surface area contributed by atoms with Crippen LogP contribution in [0.4, 0.5) is 10.3 Å². The second-order valence-electron chi connectivity index (χ2n) is 5.90. The molecule has 1 N–H and O–H groups in total. The molecule has 3 aromatic rings. The number of ether oxygens (including phenoxy) is 1. The number of anilines is 1. The molecule has 0 spiro atoms. The minimum absolute atomic E-state index is 0.242. The van der Waals surface area contributed by atoms with E-state index in [-0.39, 0.29) is 17.6 Å². The molecule has 3 rings (SSSR count). The summed E-state index contributed by atoms with van der Waals surface area (Å²) in [7, 11) is 0. The summed E-state index contributed by atoms with van der Waals surface area (Å²) in [5.41, 5.74) is 2.68. The number of nitrogens with one attached hydrogen (secondary N) is 1. The van der Waals surface area contributed by atoms with Crippen LogP contribution in [0.1, 0.15) is 18.9 Å². The molecule has 0 aliphatic heterocycles. The zero-order valence-corrected chi connectivity index (χ0v) is 14.5. The van der Waals surface area contributed by atoms with E-state index in [1.165, 1.54) is 24.3 Å². The molecule has 5 nitrogen and oxygen atoms in total. The van der Waals surface area contributed by atoms with Gasteiger partial charge in [-0.3, -0.25) is 10.1 Å². The molecule has 0 saturated carbocycles. The molecule has 0 bridgehead atoms. The highest BCUT2D eigenvalue weighted by Crippen LogP contribution is 2.22. The lowest BCUT2D eigenvalue weighted by Crippen LogP contribution is -2.32. The standard InChI is InChI=1S/C20H19FN2O3/c1-3-18(25-16-10-8-15(21)9-11-16)20(24)22-19-12-17(23-26-19)14-6-4-13(2)5-7-14/h4-12,18H,3H2,1-2H3,(H,22,24)/t18-/m0/s1. The lowest BCUT2D eigenvalue weighted by atomic mass is 10.1. The molecule has 0 saturated heterocycles. The maximum atomic E-state index is 13.0. The van der Waals surface area contributed by atoms with Crippen molar-refractivity contribution < 1.29 is 18.4 Å². The molecule has 0 aliphatic carbocycles. The van der Waals surface area contributed by atoms with Gasteiger partial charge in [-0.25, -0.2) is 4.39 Å². The molecule has 6 heteroatoms. The van der Waals surface area contributed by atoms with Crippen molar-refractivity contribution in [3.8, 4) is 17.0 Å². The highest BCUT2D eigenvalue weighted by molar-refractivity contribution is 5.93. The van der Waals surface area contributed by atoms with Gasteiger partial charge in [-0.05, 0) is 37.6 Å². The van der Waals surface area contributed by atoms with Crippen LogP contribution in [0.15, 0.2) is 59.1 Å². The minimum Gasteiger partial charge on any atom is -0.481 e. The van der Waals surface area contributed by atoms with Crippen LogP contribution < -0.4 is 10.1 Å². The highest BCUT2D eigenvalue weighted by atomic mass is 19.1. The highest BCUT2D eigenvalue weighted by Gasteiger charge is 2.20. The number of hydrogen-bond donors (Lipinski definition) is 1. The molecule has 0 radical (unpaired) electrons. The zero-order chi connectivity index (χ0) is 18.5. The normalized spacial score (nSPS) is 11.8. The van der Waals surface area contributed by atoms with E-state index in [4.69, 9.17) is 9.26 Å². The van der Waals surface area contributed by atoms with Crippen LogP contribution >= 0.6 is 0 Å². The van der Waals surface area contributed by atoms with Gasteiger partial charge in [0.25, 0.3) is 5.91 Å². The first-order valence-electron chi connectivity index (χ1n) is 8.32. The summed E-state index contributed by atoms with van der Waals surface area (Å²) < 4.78 is 23.8. The van der Waals surface area contributed by atoms with Gasteiger partial charge in [-0.2, -0.15) is 0 Å². The topological polar surface area (TPSA) is 64.4 Å². The van der Waals surface area contributed by atoms with Crippen molar-refractivity contribution in [1.82, 2.24) is 5.16 Å². The largest absolute Gasteiger partial charge is 0.481 e. The number of aryl methyl sites for hydroxylation is 1. The van der Waals surface area contributed by atoms with Crippen LogP contribution in [0.2, 0.25) is 0 Å². The molecule has 0 aliphatic rings. The van der Waals surface area contributed by atoms with Gasteiger partial charge in [0.05, 0.1) is 0 Å². The summed E-state index contributed by atoms with van der Waals surface area (Å²) in [5, 5.41) is 6.63. The Balaban J connectivity index is 1.66. The molecule has 1 amide bonds. The Morgan fingerprint density at radius 3 is 2.54 bits per heavy atom. The Hall–Kier alpha value is -3.15. The van der Waals surface area contributed by atoms with Gasteiger partial charge >= 0.3 is 0 Å².